The van der Waals surface area contributed by atoms with E-state index in [4.69, 9.17) is 16.3 Å². The van der Waals surface area contributed by atoms with Crippen molar-refractivity contribution in [2.75, 3.05) is 12.4 Å². The maximum Gasteiger partial charge on any atom is 0.293 e. The maximum absolute atomic E-state index is 11.6. The molecule has 0 radical (unpaired) electrons. The Morgan fingerprint density at radius 3 is 2.63 bits per heavy atom. The highest BCUT2D eigenvalue weighted by atomic mass is 79.9. The SMILES string of the molecule is COc1ccc(Cc2cc(Br)c(NCc3cnc(Cl)s3)c([N+](=O)[O-])c2)cc1. The van der Waals surface area contributed by atoms with E-state index in [0.717, 1.165) is 21.8 Å². The van der Waals surface area contributed by atoms with Gasteiger partial charge in [-0.2, -0.15) is 0 Å². The molecule has 0 spiro atoms. The molecule has 0 atom stereocenters. The van der Waals surface area contributed by atoms with Crippen LogP contribution in [0.2, 0.25) is 4.47 Å². The molecule has 140 valence electrons. The van der Waals surface area contributed by atoms with E-state index in [1.54, 1.807) is 19.4 Å². The summed E-state index contributed by atoms with van der Waals surface area (Å²) in [5.74, 6) is 0.772. The van der Waals surface area contributed by atoms with Crippen LogP contribution in [0.25, 0.3) is 0 Å². The fourth-order valence-corrected chi connectivity index (χ4v) is 4.14. The Morgan fingerprint density at radius 2 is 2.04 bits per heavy atom. The Kier molecular flexibility index (Phi) is 6.30. The summed E-state index contributed by atoms with van der Waals surface area (Å²) in [6.45, 7) is 0.404. The molecular formula is C18H15BrClN3O3S. The van der Waals surface area contributed by atoms with Gasteiger partial charge in [0, 0.05) is 21.6 Å². The van der Waals surface area contributed by atoms with Crippen molar-refractivity contribution in [3.8, 4) is 5.75 Å². The van der Waals surface area contributed by atoms with E-state index < -0.39 is 0 Å². The number of halogens is 2. The number of aromatic nitrogens is 1. The summed E-state index contributed by atoms with van der Waals surface area (Å²) >= 11 is 10.6. The van der Waals surface area contributed by atoms with Gasteiger partial charge in [-0.25, -0.2) is 4.98 Å². The lowest BCUT2D eigenvalue weighted by Gasteiger charge is -2.11. The number of rotatable bonds is 7. The average molecular weight is 469 g/mol. The molecule has 9 heteroatoms. The van der Waals surface area contributed by atoms with Crippen LogP contribution in [-0.4, -0.2) is 17.0 Å². The zero-order valence-corrected chi connectivity index (χ0v) is 17.4. The standard InChI is InChI=1S/C18H15BrClN3O3S/c1-26-13-4-2-11(3-5-13)6-12-7-15(19)17(16(8-12)23(24)25)21-9-14-10-22-18(20)27-14/h2-5,7-8,10,21H,6,9H2,1H3. The van der Waals surface area contributed by atoms with Crippen LogP contribution < -0.4 is 10.1 Å². The van der Waals surface area contributed by atoms with Crippen molar-refractivity contribution in [1.82, 2.24) is 4.98 Å². The lowest BCUT2D eigenvalue weighted by molar-refractivity contribution is -0.384. The molecule has 6 nitrogen and oxygen atoms in total. The summed E-state index contributed by atoms with van der Waals surface area (Å²) in [6.07, 6.45) is 2.23. The van der Waals surface area contributed by atoms with Gasteiger partial charge in [-0.3, -0.25) is 10.1 Å². The smallest absolute Gasteiger partial charge is 0.293 e. The Morgan fingerprint density at radius 1 is 1.30 bits per heavy atom. The van der Waals surface area contributed by atoms with Crippen LogP contribution in [-0.2, 0) is 13.0 Å². The van der Waals surface area contributed by atoms with E-state index >= 15 is 0 Å². The topological polar surface area (TPSA) is 77.3 Å². The number of nitrogens with one attached hydrogen (secondary N) is 1. The molecule has 2 aromatic carbocycles. The Labute approximate surface area is 173 Å². The first-order chi connectivity index (χ1) is 13.0. The van der Waals surface area contributed by atoms with Crippen LogP contribution >= 0.6 is 38.9 Å². The zero-order valence-electron chi connectivity index (χ0n) is 14.2. The summed E-state index contributed by atoms with van der Waals surface area (Å²) in [6, 6.07) is 11.1. The van der Waals surface area contributed by atoms with Gasteiger partial charge in [0.15, 0.2) is 4.47 Å². The van der Waals surface area contributed by atoms with E-state index in [-0.39, 0.29) is 10.6 Å². The number of nitro benzene ring substituents is 1. The van der Waals surface area contributed by atoms with Gasteiger partial charge in [0.1, 0.15) is 11.4 Å². The second kappa shape index (κ2) is 8.69. The van der Waals surface area contributed by atoms with Gasteiger partial charge >= 0.3 is 0 Å². The first-order valence-electron chi connectivity index (χ1n) is 7.90. The van der Waals surface area contributed by atoms with Crippen molar-refractivity contribution in [2.24, 2.45) is 0 Å². The van der Waals surface area contributed by atoms with Gasteiger partial charge in [-0.1, -0.05) is 23.7 Å². The lowest BCUT2D eigenvalue weighted by Crippen LogP contribution is -2.04. The molecule has 0 fully saturated rings. The molecular weight excluding hydrogens is 454 g/mol. The Hall–Kier alpha value is -2.16. The molecule has 0 amide bonds. The number of nitro groups is 1. The third-order valence-electron chi connectivity index (χ3n) is 3.86. The third kappa shape index (κ3) is 4.97. The van der Waals surface area contributed by atoms with E-state index in [1.165, 1.54) is 11.3 Å². The van der Waals surface area contributed by atoms with Crippen LogP contribution in [0.3, 0.4) is 0 Å². The molecule has 0 unspecified atom stereocenters. The second-order valence-corrected chi connectivity index (χ2v) is 8.24. The molecule has 0 aliphatic carbocycles. The van der Waals surface area contributed by atoms with Crippen molar-refractivity contribution in [2.45, 2.75) is 13.0 Å². The van der Waals surface area contributed by atoms with Gasteiger partial charge in [0.25, 0.3) is 5.69 Å². The average Bonchev–Trinajstić information content (AvgIpc) is 3.06. The monoisotopic (exact) mass is 467 g/mol. The number of thiazole rings is 1. The predicted octanol–water partition coefficient (Wildman–Crippen LogP) is 5.68. The minimum atomic E-state index is -0.385. The van der Waals surface area contributed by atoms with Gasteiger partial charge in [-0.05, 0) is 51.7 Å². The minimum Gasteiger partial charge on any atom is -0.497 e. The van der Waals surface area contributed by atoms with Crippen molar-refractivity contribution < 1.29 is 9.66 Å². The van der Waals surface area contributed by atoms with Crippen LogP contribution in [0.5, 0.6) is 5.75 Å². The van der Waals surface area contributed by atoms with E-state index in [0.29, 0.717) is 27.6 Å². The molecule has 0 saturated carbocycles. The molecule has 1 aromatic heterocycles. The molecule has 3 rings (SSSR count). The quantitative estimate of drug-likeness (QED) is 0.356. The number of benzene rings is 2. The highest BCUT2D eigenvalue weighted by Gasteiger charge is 2.19. The van der Waals surface area contributed by atoms with E-state index in [9.17, 15) is 10.1 Å². The maximum atomic E-state index is 11.6. The number of hydrogen-bond acceptors (Lipinski definition) is 6. The predicted molar refractivity (Wildman–Crippen MR) is 111 cm³/mol. The highest BCUT2D eigenvalue weighted by Crippen LogP contribution is 2.35. The Bertz CT molecular complexity index is 963. The third-order valence-corrected chi connectivity index (χ3v) is 5.60. The molecule has 0 aliphatic heterocycles. The number of ether oxygens (including phenoxy) is 1. The normalized spacial score (nSPS) is 10.6. The van der Waals surface area contributed by atoms with Crippen LogP contribution in [0.15, 0.2) is 47.1 Å². The fourth-order valence-electron chi connectivity index (χ4n) is 2.59. The summed E-state index contributed by atoms with van der Waals surface area (Å²) < 4.78 is 6.23. The zero-order chi connectivity index (χ0) is 19.4. The lowest BCUT2D eigenvalue weighted by atomic mass is 10.0. The summed E-state index contributed by atoms with van der Waals surface area (Å²) in [5.41, 5.74) is 2.33. The first-order valence-corrected chi connectivity index (χ1v) is 9.89. The van der Waals surface area contributed by atoms with Gasteiger partial charge in [-0.15, -0.1) is 11.3 Å². The van der Waals surface area contributed by atoms with Crippen LogP contribution in [0, 0.1) is 10.1 Å². The number of hydrogen-bond donors (Lipinski definition) is 1. The fraction of sp³-hybridized carbons (Fsp3) is 0.167. The number of nitrogens with zero attached hydrogens (tertiary/aromatic N) is 2. The van der Waals surface area contributed by atoms with Crippen molar-refractivity contribution in [1.29, 1.82) is 0 Å². The van der Waals surface area contributed by atoms with Gasteiger partial charge in [0.05, 0.1) is 18.6 Å². The van der Waals surface area contributed by atoms with Crippen LogP contribution in [0.4, 0.5) is 11.4 Å². The van der Waals surface area contributed by atoms with E-state index in [2.05, 4.69) is 26.2 Å². The molecule has 1 heterocycles. The largest absolute Gasteiger partial charge is 0.497 e. The summed E-state index contributed by atoms with van der Waals surface area (Å²) in [5, 5.41) is 14.7. The van der Waals surface area contributed by atoms with E-state index in [1.807, 2.05) is 30.3 Å². The van der Waals surface area contributed by atoms with Crippen molar-refractivity contribution in [3.63, 3.8) is 0 Å². The molecule has 0 saturated heterocycles. The molecule has 27 heavy (non-hydrogen) atoms. The minimum absolute atomic E-state index is 0.0171. The molecule has 0 bridgehead atoms. The summed E-state index contributed by atoms with van der Waals surface area (Å²) in [7, 11) is 1.61. The number of anilines is 1. The van der Waals surface area contributed by atoms with Crippen molar-refractivity contribution >= 4 is 50.2 Å². The second-order valence-electron chi connectivity index (χ2n) is 5.69. The molecule has 0 aliphatic rings. The number of methoxy groups -OCH3 is 1. The Balaban J connectivity index is 1.83. The highest BCUT2D eigenvalue weighted by molar-refractivity contribution is 9.10. The summed E-state index contributed by atoms with van der Waals surface area (Å²) in [4.78, 5) is 16.1. The van der Waals surface area contributed by atoms with Crippen LogP contribution in [0.1, 0.15) is 16.0 Å². The van der Waals surface area contributed by atoms with Gasteiger partial charge in [0.2, 0.25) is 0 Å². The first kappa shape index (κ1) is 19.6. The van der Waals surface area contributed by atoms with Gasteiger partial charge < -0.3 is 10.1 Å². The molecule has 3 aromatic rings. The van der Waals surface area contributed by atoms with Crippen molar-refractivity contribution in [3.05, 3.63) is 77.7 Å². The molecule has 1 N–H and O–H groups in total.